The number of amides is 2. The molecule has 0 bridgehead atoms. The van der Waals surface area contributed by atoms with Crippen molar-refractivity contribution >= 4 is 52.3 Å². The smallest absolute Gasteiger partial charge is 0.410 e. The number of halogens is 2. The average molecular weight is 556 g/mol. The summed E-state index contributed by atoms with van der Waals surface area (Å²) in [4.78, 5) is 32.6. The Bertz CT molecular complexity index is 1300. The molecule has 0 atom stereocenters. The zero-order valence-corrected chi connectivity index (χ0v) is 23.1. The first kappa shape index (κ1) is 27.5. The van der Waals surface area contributed by atoms with E-state index in [1.54, 1.807) is 29.3 Å². The molecule has 0 aliphatic carbocycles. The van der Waals surface area contributed by atoms with Crippen molar-refractivity contribution in [2.24, 2.45) is 5.73 Å². The summed E-state index contributed by atoms with van der Waals surface area (Å²) in [7, 11) is 0. The van der Waals surface area contributed by atoms with Crippen LogP contribution in [-0.4, -0.2) is 53.7 Å². The molecule has 0 spiro atoms. The van der Waals surface area contributed by atoms with Gasteiger partial charge >= 0.3 is 6.09 Å². The lowest BCUT2D eigenvalue weighted by molar-refractivity contribution is 0.0240. The molecule has 1 saturated heterocycles. The summed E-state index contributed by atoms with van der Waals surface area (Å²) in [5, 5.41) is 4.39. The molecular weight excluding hydrogens is 525 g/mol. The van der Waals surface area contributed by atoms with Gasteiger partial charge in [-0.3, -0.25) is 4.79 Å². The van der Waals surface area contributed by atoms with Gasteiger partial charge in [0.05, 0.1) is 5.69 Å². The van der Waals surface area contributed by atoms with Crippen LogP contribution in [0.15, 0.2) is 54.7 Å². The van der Waals surface area contributed by atoms with Crippen LogP contribution in [-0.2, 0) is 11.2 Å². The third-order valence-electron chi connectivity index (χ3n) is 6.06. The summed E-state index contributed by atoms with van der Waals surface area (Å²) in [5.41, 5.74) is 9.13. The standard InChI is InChI=1S/C28H31Cl2N5O3/c1-28(2,3)38-27(37)35-13-11-34(12-14-35)20-9-7-19(8-10-20)33-24-16-18(17-32-25(24)26(31)36)15-21-22(29)5-4-6-23(21)30/h4-10,16-17,33H,11-15H2,1-3H3,(H2,31,36). The number of hydrogen-bond acceptors (Lipinski definition) is 6. The van der Waals surface area contributed by atoms with Crippen molar-refractivity contribution < 1.29 is 14.3 Å². The fourth-order valence-electron chi connectivity index (χ4n) is 4.19. The Balaban J connectivity index is 1.44. The van der Waals surface area contributed by atoms with Gasteiger partial charge in [-0.05, 0) is 74.4 Å². The van der Waals surface area contributed by atoms with Crippen molar-refractivity contribution in [2.45, 2.75) is 32.8 Å². The summed E-state index contributed by atoms with van der Waals surface area (Å²) in [6.45, 7) is 8.18. The number of piperazine rings is 1. The minimum Gasteiger partial charge on any atom is -0.444 e. The van der Waals surface area contributed by atoms with Gasteiger partial charge in [-0.1, -0.05) is 29.3 Å². The van der Waals surface area contributed by atoms with E-state index in [0.29, 0.717) is 48.3 Å². The fourth-order valence-corrected chi connectivity index (χ4v) is 4.72. The second-order valence-electron chi connectivity index (χ2n) is 10.1. The van der Waals surface area contributed by atoms with E-state index < -0.39 is 11.5 Å². The van der Waals surface area contributed by atoms with Crippen LogP contribution in [0.3, 0.4) is 0 Å². The van der Waals surface area contributed by atoms with Crippen LogP contribution in [0, 0.1) is 0 Å². The van der Waals surface area contributed by atoms with Crippen molar-refractivity contribution in [3.8, 4) is 0 Å². The highest BCUT2D eigenvalue weighted by molar-refractivity contribution is 6.36. The molecule has 200 valence electrons. The highest BCUT2D eigenvalue weighted by Gasteiger charge is 2.26. The molecule has 1 fully saturated rings. The van der Waals surface area contributed by atoms with Crippen LogP contribution in [0.4, 0.5) is 21.9 Å². The molecule has 2 amide bonds. The van der Waals surface area contributed by atoms with E-state index in [1.807, 2.05) is 51.1 Å². The summed E-state index contributed by atoms with van der Waals surface area (Å²) >= 11 is 12.7. The van der Waals surface area contributed by atoms with Crippen LogP contribution < -0.4 is 16.0 Å². The average Bonchev–Trinajstić information content (AvgIpc) is 2.86. The molecule has 2 heterocycles. The number of primary amides is 1. The van der Waals surface area contributed by atoms with E-state index in [1.165, 1.54) is 0 Å². The van der Waals surface area contributed by atoms with Gasteiger partial charge in [0, 0.05) is 60.2 Å². The molecule has 0 radical (unpaired) electrons. The van der Waals surface area contributed by atoms with Gasteiger partial charge in [-0.2, -0.15) is 0 Å². The number of aromatic nitrogens is 1. The van der Waals surface area contributed by atoms with E-state index in [2.05, 4.69) is 15.2 Å². The van der Waals surface area contributed by atoms with Crippen LogP contribution >= 0.6 is 23.2 Å². The Morgan fingerprint density at radius 1 is 1.03 bits per heavy atom. The molecule has 2 aromatic carbocycles. The molecular formula is C28H31Cl2N5O3. The lowest BCUT2D eigenvalue weighted by atomic mass is 10.1. The third-order valence-corrected chi connectivity index (χ3v) is 6.77. The molecule has 3 aromatic rings. The van der Waals surface area contributed by atoms with Crippen LogP contribution in [0.1, 0.15) is 42.4 Å². The number of benzene rings is 2. The lowest BCUT2D eigenvalue weighted by Crippen LogP contribution is -2.50. The maximum Gasteiger partial charge on any atom is 0.410 e. The zero-order valence-electron chi connectivity index (χ0n) is 21.6. The van der Waals surface area contributed by atoms with Crippen LogP contribution in [0.25, 0.3) is 0 Å². The first-order valence-corrected chi connectivity index (χ1v) is 13.1. The monoisotopic (exact) mass is 555 g/mol. The maximum absolute atomic E-state index is 12.3. The molecule has 4 rings (SSSR count). The number of carbonyl (C=O) groups excluding carboxylic acids is 2. The Morgan fingerprint density at radius 2 is 1.66 bits per heavy atom. The Morgan fingerprint density at radius 3 is 2.24 bits per heavy atom. The SMILES string of the molecule is CC(C)(C)OC(=O)N1CCN(c2ccc(Nc3cc(Cc4c(Cl)cccc4Cl)cnc3C(N)=O)cc2)CC1. The van der Waals surface area contributed by atoms with Crippen LogP contribution in [0.2, 0.25) is 10.0 Å². The number of nitrogens with one attached hydrogen (secondary N) is 1. The van der Waals surface area contributed by atoms with Gasteiger partial charge in [0.25, 0.3) is 5.91 Å². The minimum absolute atomic E-state index is 0.140. The topological polar surface area (TPSA) is 101 Å². The molecule has 1 aromatic heterocycles. The number of pyridine rings is 1. The molecule has 1 aliphatic heterocycles. The Kier molecular flexibility index (Phi) is 8.33. The van der Waals surface area contributed by atoms with Gasteiger partial charge < -0.3 is 25.6 Å². The van der Waals surface area contributed by atoms with Gasteiger partial charge in [0.15, 0.2) is 5.69 Å². The highest BCUT2D eigenvalue weighted by atomic mass is 35.5. The normalized spacial score (nSPS) is 13.8. The maximum atomic E-state index is 12.3. The number of rotatable bonds is 6. The number of ether oxygens (including phenoxy) is 1. The number of carbonyl (C=O) groups is 2. The zero-order chi connectivity index (χ0) is 27.4. The van der Waals surface area contributed by atoms with Crippen molar-refractivity contribution in [1.29, 1.82) is 0 Å². The Hall–Kier alpha value is -3.49. The number of anilines is 3. The third kappa shape index (κ3) is 6.88. The Labute approximate surface area is 232 Å². The van der Waals surface area contributed by atoms with Gasteiger partial charge in [0.2, 0.25) is 0 Å². The molecule has 1 aliphatic rings. The summed E-state index contributed by atoms with van der Waals surface area (Å²) in [6.07, 6.45) is 1.77. The van der Waals surface area contributed by atoms with E-state index in [-0.39, 0.29) is 11.8 Å². The van der Waals surface area contributed by atoms with Gasteiger partial charge in [-0.15, -0.1) is 0 Å². The summed E-state index contributed by atoms with van der Waals surface area (Å²) in [5.74, 6) is -0.630. The predicted molar refractivity (Wildman–Crippen MR) is 152 cm³/mol. The largest absolute Gasteiger partial charge is 0.444 e. The van der Waals surface area contributed by atoms with Crippen molar-refractivity contribution in [1.82, 2.24) is 9.88 Å². The predicted octanol–water partition coefficient (Wildman–Crippen LogP) is 5.88. The quantitative estimate of drug-likeness (QED) is 0.394. The number of hydrogen-bond donors (Lipinski definition) is 2. The van der Waals surface area contributed by atoms with Crippen LogP contribution in [0.5, 0.6) is 0 Å². The van der Waals surface area contributed by atoms with Crippen molar-refractivity contribution in [3.63, 3.8) is 0 Å². The van der Waals surface area contributed by atoms with Gasteiger partial charge in [0.1, 0.15) is 5.60 Å². The van der Waals surface area contributed by atoms with Gasteiger partial charge in [-0.25, -0.2) is 9.78 Å². The van der Waals surface area contributed by atoms with Crippen molar-refractivity contribution in [2.75, 3.05) is 36.4 Å². The molecule has 3 N–H and O–H groups in total. The van der Waals surface area contributed by atoms with E-state index in [0.717, 1.165) is 22.5 Å². The number of nitrogens with two attached hydrogens (primary N) is 1. The second kappa shape index (κ2) is 11.5. The highest BCUT2D eigenvalue weighted by Crippen LogP contribution is 2.29. The fraction of sp³-hybridized carbons (Fsp3) is 0.321. The number of nitrogens with zero attached hydrogens (tertiary/aromatic N) is 3. The van der Waals surface area contributed by atoms with E-state index >= 15 is 0 Å². The first-order chi connectivity index (χ1) is 18.0. The second-order valence-corrected chi connectivity index (χ2v) is 10.9. The lowest BCUT2D eigenvalue weighted by Gasteiger charge is -2.36. The molecule has 38 heavy (non-hydrogen) atoms. The minimum atomic E-state index is -0.630. The molecule has 10 heteroatoms. The van der Waals surface area contributed by atoms with Crippen molar-refractivity contribution in [3.05, 3.63) is 81.6 Å². The summed E-state index contributed by atoms with van der Waals surface area (Å²) in [6, 6.07) is 15.0. The van der Waals surface area contributed by atoms with E-state index in [9.17, 15) is 9.59 Å². The molecule has 0 unspecified atom stereocenters. The molecule has 0 saturated carbocycles. The first-order valence-electron chi connectivity index (χ1n) is 12.3. The summed E-state index contributed by atoms with van der Waals surface area (Å²) < 4.78 is 5.48. The molecule has 8 nitrogen and oxygen atoms in total. The van der Waals surface area contributed by atoms with E-state index in [4.69, 9.17) is 33.7 Å².